The molecule has 6 aromatic rings. The molecule has 7 rings (SSSR count). The van der Waals surface area contributed by atoms with Gasteiger partial charge in [0, 0.05) is 51.5 Å². The standard InChI is InChI=1S/C27H22N8O3S4/c1-42(37,21-13-29-15-40-21)22-14-31-24(41-22)19-10-17-11-32-26(34-23(17)35(25(19)36)27-30-7-9-39-27)33-18-4-2-16(3-5-18)20-12-28-6-8-38-20/h2-5,7,9-11,13-15,20,28H,1,6,8,12H2,(H,32,33,34). The van der Waals surface area contributed by atoms with Crippen LogP contribution in [-0.4, -0.2) is 59.3 Å². The molecular weight excluding hydrogens is 613 g/mol. The number of ether oxygens (including phenoxy) is 1. The molecule has 5 aromatic heterocycles. The fraction of sp³-hybridized carbons (Fsp3) is 0.148. The minimum absolute atomic E-state index is 0.0216. The largest absolute Gasteiger partial charge is 0.371 e. The first-order valence-electron chi connectivity index (χ1n) is 12.7. The van der Waals surface area contributed by atoms with E-state index < -0.39 is 9.52 Å². The molecule has 0 aliphatic carbocycles. The fourth-order valence-corrected chi connectivity index (χ4v) is 9.03. The highest BCUT2D eigenvalue weighted by molar-refractivity contribution is 8.03. The zero-order valence-electron chi connectivity index (χ0n) is 21.8. The maximum Gasteiger partial charge on any atom is 0.268 e. The number of rotatable bonds is 7. The Kier molecular flexibility index (Phi) is 7.13. The Morgan fingerprint density at radius 2 is 1.98 bits per heavy atom. The van der Waals surface area contributed by atoms with Gasteiger partial charge in [0.1, 0.15) is 13.4 Å². The van der Waals surface area contributed by atoms with Gasteiger partial charge in [-0.1, -0.05) is 12.1 Å². The number of nitrogens with zero attached hydrogens (tertiary/aromatic N) is 6. The lowest BCUT2D eigenvalue weighted by Crippen LogP contribution is -2.33. The first-order valence-corrected chi connectivity index (χ1v) is 17.0. The Balaban J connectivity index is 1.26. The molecule has 0 spiro atoms. The van der Waals surface area contributed by atoms with E-state index in [1.807, 2.05) is 24.3 Å². The first kappa shape index (κ1) is 27.0. The molecule has 2 N–H and O–H groups in total. The molecule has 1 aromatic carbocycles. The van der Waals surface area contributed by atoms with Crippen LogP contribution in [0.2, 0.25) is 0 Å². The molecule has 0 saturated carbocycles. The van der Waals surface area contributed by atoms with Crippen molar-refractivity contribution in [3.8, 4) is 15.7 Å². The summed E-state index contributed by atoms with van der Waals surface area (Å²) < 4.78 is 21.8. The Morgan fingerprint density at radius 1 is 1.10 bits per heavy atom. The summed E-state index contributed by atoms with van der Waals surface area (Å²) in [4.78, 5) is 36.0. The average Bonchev–Trinajstić information content (AvgIpc) is 3.81. The lowest BCUT2D eigenvalue weighted by molar-refractivity contribution is 0.0277. The van der Waals surface area contributed by atoms with E-state index in [0.29, 0.717) is 47.7 Å². The summed E-state index contributed by atoms with van der Waals surface area (Å²) in [6, 6.07) is 9.63. The highest BCUT2D eigenvalue weighted by Crippen LogP contribution is 2.33. The van der Waals surface area contributed by atoms with Gasteiger partial charge in [0.05, 0.1) is 36.2 Å². The van der Waals surface area contributed by atoms with Gasteiger partial charge in [-0.05, 0) is 29.6 Å². The third kappa shape index (κ3) is 5.04. The van der Waals surface area contributed by atoms with Gasteiger partial charge in [0.25, 0.3) is 5.56 Å². The van der Waals surface area contributed by atoms with Gasteiger partial charge in [0.2, 0.25) is 5.95 Å². The van der Waals surface area contributed by atoms with Gasteiger partial charge in [-0.15, -0.1) is 34.0 Å². The van der Waals surface area contributed by atoms with Crippen LogP contribution in [0.5, 0.6) is 0 Å². The van der Waals surface area contributed by atoms with Gasteiger partial charge in [-0.2, -0.15) is 4.98 Å². The lowest BCUT2D eigenvalue weighted by atomic mass is 10.1. The monoisotopic (exact) mass is 634 g/mol. The van der Waals surface area contributed by atoms with Gasteiger partial charge in [-0.3, -0.25) is 14.0 Å². The number of pyridine rings is 1. The maximum atomic E-state index is 13.9. The van der Waals surface area contributed by atoms with Crippen LogP contribution < -0.4 is 16.2 Å². The third-order valence-corrected chi connectivity index (χ3v) is 12.4. The first-order chi connectivity index (χ1) is 20.5. The molecular formula is C27H22N8O3S4. The number of nitrogens with one attached hydrogen (secondary N) is 2. The van der Waals surface area contributed by atoms with Crippen molar-refractivity contribution >= 4 is 72.1 Å². The van der Waals surface area contributed by atoms with Crippen LogP contribution in [0.4, 0.5) is 11.6 Å². The minimum Gasteiger partial charge on any atom is -0.371 e. The van der Waals surface area contributed by atoms with E-state index in [4.69, 9.17) is 9.72 Å². The number of fused-ring (bicyclic) bond motifs is 1. The molecule has 0 radical (unpaired) electrons. The molecule has 1 saturated heterocycles. The van der Waals surface area contributed by atoms with E-state index >= 15 is 0 Å². The van der Waals surface area contributed by atoms with Gasteiger partial charge < -0.3 is 15.4 Å². The quantitative estimate of drug-likeness (QED) is 0.244. The number of benzene rings is 1. The van der Waals surface area contributed by atoms with Crippen LogP contribution in [0.25, 0.3) is 26.7 Å². The predicted molar refractivity (Wildman–Crippen MR) is 167 cm³/mol. The van der Waals surface area contributed by atoms with Gasteiger partial charge >= 0.3 is 0 Å². The normalized spacial score (nSPS) is 16.8. The molecule has 42 heavy (non-hydrogen) atoms. The summed E-state index contributed by atoms with van der Waals surface area (Å²) in [7, 11) is -2.79. The molecule has 1 fully saturated rings. The SMILES string of the molecule is C=S(=O)(c1cncs1)c1cnc(-c2cc3cnc(Nc4ccc(C5CNCCO5)cc4)nc3n(-c3nccs3)c2=O)s1. The number of thiazole rings is 3. The van der Waals surface area contributed by atoms with Crippen LogP contribution in [0.3, 0.4) is 0 Å². The second-order valence-corrected chi connectivity index (χ2v) is 14.8. The highest BCUT2D eigenvalue weighted by Gasteiger charge is 2.22. The van der Waals surface area contributed by atoms with E-state index in [1.54, 1.807) is 35.5 Å². The van der Waals surface area contributed by atoms with Crippen molar-refractivity contribution < 1.29 is 8.95 Å². The van der Waals surface area contributed by atoms with Crippen LogP contribution in [0.15, 0.2) is 79.2 Å². The van der Waals surface area contributed by atoms with Crippen molar-refractivity contribution in [2.75, 3.05) is 25.0 Å². The number of anilines is 2. The van der Waals surface area contributed by atoms with Crippen molar-refractivity contribution in [1.82, 2.24) is 34.8 Å². The molecule has 0 bridgehead atoms. The summed E-state index contributed by atoms with van der Waals surface area (Å²) in [6.45, 7) is 2.32. The number of morpholine rings is 1. The average molecular weight is 635 g/mol. The number of aromatic nitrogens is 6. The highest BCUT2D eigenvalue weighted by atomic mass is 32.3. The summed E-state index contributed by atoms with van der Waals surface area (Å²) in [5.41, 5.74) is 3.88. The molecule has 15 heteroatoms. The molecule has 11 nitrogen and oxygen atoms in total. The molecule has 2 atom stereocenters. The lowest BCUT2D eigenvalue weighted by Gasteiger charge is -2.24. The molecule has 0 amide bonds. The van der Waals surface area contributed by atoms with Crippen molar-refractivity contribution in [1.29, 1.82) is 0 Å². The van der Waals surface area contributed by atoms with Crippen molar-refractivity contribution in [2.24, 2.45) is 0 Å². The molecule has 212 valence electrons. The number of hydrogen-bond acceptors (Lipinski definition) is 13. The van der Waals surface area contributed by atoms with Gasteiger partial charge in [-0.25, -0.2) is 19.5 Å². The summed E-state index contributed by atoms with van der Waals surface area (Å²) in [5.74, 6) is 4.27. The molecule has 1 aliphatic heterocycles. The Hall–Kier alpha value is -3.86. The van der Waals surface area contributed by atoms with Crippen molar-refractivity contribution in [3.05, 3.63) is 81.9 Å². The Labute approximate surface area is 252 Å². The van der Waals surface area contributed by atoms with Crippen LogP contribution >= 0.6 is 34.0 Å². The topological polar surface area (TPSA) is 137 Å². The van der Waals surface area contributed by atoms with Crippen LogP contribution in [0, 0.1) is 0 Å². The van der Waals surface area contributed by atoms with Crippen molar-refractivity contribution in [3.63, 3.8) is 0 Å². The Morgan fingerprint density at radius 3 is 2.71 bits per heavy atom. The van der Waals surface area contributed by atoms with Crippen molar-refractivity contribution in [2.45, 2.75) is 14.5 Å². The predicted octanol–water partition coefficient (Wildman–Crippen LogP) is 4.36. The van der Waals surface area contributed by atoms with E-state index in [-0.39, 0.29) is 11.7 Å². The summed E-state index contributed by atoms with van der Waals surface area (Å²) in [5, 5.41) is 9.87. The second kappa shape index (κ2) is 11.1. The van der Waals surface area contributed by atoms with E-state index in [2.05, 4.69) is 36.4 Å². The zero-order chi connectivity index (χ0) is 28.7. The van der Waals surface area contributed by atoms with Crippen LogP contribution in [0.1, 0.15) is 11.7 Å². The summed E-state index contributed by atoms with van der Waals surface area (Å²) in [6.07, 6.45) is 6.37. The van der Waals surface area contributed by atoms with E-state index in [9.17, 15) is 9.00 Å². The second-order valence-electron chi connectivity index (χ2n) is 9.28. The summed E-state index contributed by atoms with van der Waals surface area (Å²) >= 11 is 3.76. The molecule has 2 unspecified atom stereocenters. The third-order valence-electron chi connectivity index (χ3n) is 6.59. The Bertz CT molecular complexity index is 2030. The molecule has 6 heterocycles. The van der Waals surface area contributed by atoms with Crippen LogP contribution in [-0.2, 0) is 14.3 Å². The fourth-order valence-electron chi connectivity index (χ4n) is 4.51. The smallest absolute Gasteiger partial charge is 0.268 e. The zero-order valence-corrected chi connectivity index (χ0v) is 25.1. The van der Waals surface area contributed by atoms with Gasteiger partial charge in [0.15, 0.2) is 10.8 Å². The minimum atomic E-state index is -2.79. The molecule has 1 aliphatic rings. The van der Waals surface area contributed by atoms with E-state index in [1.165, 1.54) is 44.8 Å². The maximum absolute atomic E-state index is 13.9. The van der Waals surface area contributed by atoms with E-state index in [0.717, 1.165) is 24.3 Å². The number of hydrogen-bond donors (Lipinski definition) is 2.